The van der Waals surface area contributed by atoms with Crippen molar-refractivity contribution in [2.45, 2.75) is 32.1 Å². The zero-order valence-electron chi connectivity index (χ0n) is 9.32. The first-order chi connectivity index (χ1) is 6.79. The summed E-state index contributed by atoms with van der Waals surface area (Å²) in [5.41, 5.74) is 0.377. The van der Waals surface area contributed by atoms with Crippen molar-refractivity contribution in [2.75, 3.05) is 0 Å². The van der Waals surface area contributed by atoms with Crippen LogP contribution < -0.4 is 4.72 Å². The molecule has 0 saturated carbocycles. The predicted molar refractivity (Wildman–Crippen MR) is 62.0 cm³/mol. The zero-order valence-corrected chi connectivity index (χ0v) is 10.1. The summed E-state index contributed by atoms with van der Waals surface area (Å²) in [5.74, 6) is 0.0328. The Bertz CT molecular complexity index is 404. The van der Waals surface area contributed by atoms with E-state index in [1.54, 1.807) is 0 Å². The van der Waals surface area contributed by atoms with Crippen LogP contribution in [0.15, 0.2) is 30.3 Å². The molecule has 0 atom stereocenters. The third kappa shape index (κ3) is 4.95. The molecule has 0 aliphatic heterocycles. The summed E-state index contributed by atoms with van der Waals surface area (Å²) >= 11 is 0. The van der Waals surface area contributed by atoms with Crippen molar-refractivity contribution < 1.29 is 8.42 Å². The van der Waals surface area contributed by atoms with Crippen molar-refractivity contribution >= 4 is 10.0 Å². The van der Waals surface area contributed by atoms with E-state index in [4.69, 9.17) is 0 Å². The molecule has 0 fully saturated rings. The van der Waals surface area contributed by atoms with E-state index in [9.17, 15) is 8.42 Å². The van der Waals surface area contributed by atoms with E-state index in [0.29, 0.717) is 0 Å². The standard InChI is InChI=1S/C11H17NO2S/c1-11(2,3)12-15(13,14)9-10-7-5-4-6-8-10/h4-8,12H,9H2,1-3H3/i13+2,14+2. The van der Waals surface area contributed by atoms with Gasteiger partial charge in [-0.3, -0.25) is 0 Å². The lowest BCUT2D eigenvalue weighted by molar-refractivity contribution is 0.491. The Kier molecular flexibility index (Phi) is 3.52. The second kappa shape index (κ2) is 4.33. The molecule has 4 heteroatoms. The number of nitrogens with one attached hydrogen (secondary N) is 1. The van der Waals surface area contributed by atoms with E-state index >= 15 is 0 Å². The monoisotopic (exact) mass is 231 g/mol. The van der Waals surface area contributed by atoms with Gasteiger partial charge in [0.2, 0.25) is 10.0 Å². The Labute approximate surface area is 91.6 Å². The third-order valence-electron chi connectivity index (χ3n) is 1.66. The van der Waals surface area contributed by atoms with Crippen molar-refractivity contribution in [2.24, 2.45) is 0 Å². The highest BCUT2D eigenvalue weighted by molar-refractivity contribution is 7.88. The van der Waals surface area contributed by atoms with Crippen molar-refractivity contribution in [3.63, 3.8) is 0 Å². The average molecular weight is 231 g/mol. The molecule has 1 aromatic carbocycles. The molecule has 0 radical (unpaired) electrons. The molecule has 0 aliphatic rings. The minimum atomic E-state index is -3.24. The zero-order chi connectivity index (χ0) is 11.5. The molecule has 0 saturated heterocycles. The van der Waals surface area contributed by atoms with Gasteiger partial charge in [0.25, 0.3) is 0 Å². The maximum Gasteiger partial charge on any atom is 0.216 e. The highest BCUT2D eigenvalue weighted by Gasteiger charge is 2.19. The number of rotatable bonds is 3. The summed E-state index contributed by atoms with van der Waals surface area (Å²) in [5, 5.41) is 0. The molecule has 15 heavy (non-hydrogen) atoms. The van der Waals surface area contributed by atoms with Crippen molar-refractivity contribution in [1.82, 2.24) is 4.72 Å². The minimum absolute atomic E-state index is 0.0328. The lowest BCUT2D eigenvalue weighted by Gasteiger charge is -2.20. The molecule has 0 heterocycles. The Balaban J connectivity index is 2.74. The average Bonchev–Trinajstić information content (AvgIpc) is 1.99. The topological polar surface area (TPSA) is 46.2 Å². The molecular formula is C11H17NO2S. The van der Waals surface area contributed by atoms with Gasteiger partial charge in [-0.2, -0.15) is 0 Å². The number of benzene rings is 1. The molecule has 3 nitrogen and oxygen atoms in total. The van der Waals surface area contributed by atoms with E-state index in [1.807, 2.05) is 51.1 Å². The van der Waals surface area contributed by atoms with Gasteiger partial charge in [-0.25, -0.2) is 13.1 Å². The van der Waals surface area contributed by atoms with Crippen LogP contribution in [-0.4, -0.2) is 14.0 Å². The molecule has 84 valence electrons. The molecule has 0 bridgehead atoms. The van der Waals surface area contributed by atoms with Gasteiger partial charge in [0.1, 0.15) is 0 Å². The van der Waals surface area contributed by atoms with Crippen LogP contribution in [0.5, 0.6) is 0 Å². The molecule has 1 N–H and O–H groups in total. The molecule has 0 spiro atoms. The minimum Gasteiger partial charge on any atom is -0.212 e. The van der Waals surface area contributed by atoms with Crippen LogP contribution in [0.2, 0.25) is 0 Å². The first-order valence-corrected chi connectivity index (χ1v) is 6.49. The molecule has 1 rings (SSSR count). The van der Waals surface area contributed by atoms with E-state index in [0.717, 1.165) is 5.56 Å². The van der Waals surface area contributed by atoms with Gasteiger partial charge in [0, 0.05) is 5.54 Å². The van der Waals surface area contributed by atoms with Crippen molar-refractivity contribution in [3.8, 4) is 0 Å². The van der Waals surface area contributed by atoms with Gasteiger partial charge >= 0.3 is 0 Å². The first-order valence-electron chi connectivity index (χ1n) is 4.84. The maximum absolute atomic E-state index is 11.7. The second-order valence-electron chi connectivity index (χ2n) is 4.60. The number of sulfonamides is 1. The van der Waals surface area contributed by atoms with Crippen molar-refractivity contribution in [3.05, 3.63) is 35.9 Å². The number of hydrogen-bond acceptors (Lipinski definition) is 2. The fourth-order valence-corrected chi connectivity index (χ4v) is 2.93. The molecule has 0 unspecified atom stereocenters. The molecule has 0 amide bonds. The van der Waals surface area contributed by atoms with E-state index in [2.05, 4.69) is 4.72 Å². The van der Waals surface area contributed by atoms with Gasteiger partial charge in [0.15, 0.2) is 0 Å². The molecule has 0 aromatic heterocycles. The fraction of sp³-hybridized carbons (Fsp3) is 0.455. The summed E-state index contributed by atoms with van der Waals surface area (Å²) in [6.07, 6.45) is 0. The lowest BCUT2D eigenvalue weighted by Crippen LogP contribution is -2.41. The van der Waals surface area contributed by atoms with Crippen LogP contribution in [-0.2, 0) is 15.8 Å². The summed E-state index contributed by atoms with van der Waals surface area (Å²) in [6.45, 7) is 5.49. The van der Waals surface area contributed by atoms with E-state index < -0.39 is 15.6 Å². The quantitative estimate of drug-likeness (QED) is 0.808. The van der Waals surface area contributed by atoms with E-state index in [1.165, 1.54) is 0 Å². The smallest absolute Gasteiger partial charge is 0.212 e. The number of hydrogen-bond donors (Lipinski definition) is 1. The second-order valence-corrected chi connectivity index (χ2v) is 6.32. The van der Waals surface area contributed by atoms with Gasteiger partial charge in [-0.1, -0.05) is 30.3 Å². The lowest BCUT2D eigenvalue weighted by atomic mass is 10.1. The summed E-state index contributed by atoms with van der Waals surface area (Å²) in [4.78, 5) is 0. The SMILES string of the molecule is CC(C)(C)NS(=[18O])(=[18O])Cc1ccccc1. The summed E-state index contributed by atoms with van der Waals surface area (Å²) < 4.78 is 26.0. The van der Waals surface area contributed by atoms with Gasteiger partial charge in [-0.15, -0.1) is 0 Å². The normalized spacial score (nSPS) is 12.7. The van der Waals surface area contributed by atoms with Crippen LogP contribution in [0, 0.1) is 0 Å². The molecule has 0 aliphatic carbocycles. The molecular weight excluding hydrogens is 214 g/mol. The Morgan fingerprint density at radius 2 is 1.67 bits per heavy atom. The Hall–Kier alpha value is -0.870. The van der Waals surface area contributed by atoms with E-state index in [-0.39, 0.29) is 5.75 Å². The third-order valence-corrected chi connectivity index (χ3v) is 3.30. The molecule has 1 aromatic rings. The Morgan fingerprint density at radius 1 is 1.13 bits per heavy atom. The van der Waals surface area contributed by atoms with Crippen LogP contribution >= 0.6 is 0 Å². The van der Waals surface area contributed by atoms with Gasteiger partial charge in [-0.05, 0) is 26.3 Å². The van der Waals surface area contributed by atoms with Gasteiger partial charge in [0.05, 0.1) is 5.75 Å². The fourth-order valence-electron chi connectivity index (χ4n) is 1.30. The van der Waals surface area contributed by atoms with Crippen LogP contribution in [0.3, 0.4) is 0 Å². The van der Waals surface area contributed by atoms with Crippen molar-refractivity contribution in [1.29, 1.82) is 0 Å². The van der Waals surface area contributed by atoms with Gasteiger partial charge < -0.3 is 0 Å². The predicted octanol–water partition coefficient (Wildman–Crippen LogP) is 1.90. The first kappa shape index (κ1) is 12.2. The van der Waals surface area contributed by atoms with Crippen LogP contribution in [0.4, 0.5) is 0 Å². The largest absolute Gasteiger partial charge is 0.216 e. The summed E-state index contributed by atoms with van der Waals surface area (Å²) in [6, 6.07) is 9.15. The van der Waals surface area contributed by atoms with Crippen LogP contribution in [0.1, 0.15) is 26.3 Å². The maximum atomic E-state index is 11.7. The van der Waals surface area contributed by atoms with Crippen LogP contribution in [0.25, 0.3) is 0 Å². The highest BCUT2D eigenvalue weighted by Crippen LogP contribution is 2.08. The summed E-state index contributed by atoms with van der Waals surface area (Å²) in [7, 11) is -3.24. The Morgan fingerprint density at radius 3 is 2.13 bits per heavy atom. The highest BCUT2D eigenvalue weighted by atomic mass is 32.2.